The average molecular weight is 331 g/mol. The number of carbonyl (C=O) groups excluding carboxylic acids is 1. The molecule has 4 nitrogen and oxygen atoms in total. The van der Waals surface area contributed by atoms with Crippen molar-refractivity contribution in [1.29, 1.82) is 5.26 Å². The summed E-state index contributed by atoms with van der Waals surface area (Å²) in [7, 11) is 0. The van der Waals surface area contributed by atoms with E-state index in [1.165, 1.54) is 0 Å². The minimum absolute atomic E-state index is 0.0721. The van der Waals surface area contributed by atoms with Crippen molar-refractivity contribution < 1.29 is 4.79 Å². The molecule has 1 aliphatic heterocycles. The highest BCUT2D eigenvalue weighted by Crippen LogP contribution is 2.41. The minimum atomic E-state index is -0.742. The van der Waals surface area contributed by atoms with E-state index in [1.54, 1.807) is 11.3 Å². The number of nitrogens with zero attached hydrogens (tertiary/aromatic N) is 3. The maximum atomic E-state index is 12.9. The number of hydrogen-bond donors (Lipinski definition) is 0. The van der Waals surface area contributed by atoms with E-state index in [2.05, 4.69) is 25.3 Å². The molecule has 1 amide bonds. The van der Waals surface area contributed by atoms with E-state index in [-0.39, 0.29) is 5.91 Å². The third-order valence-corrected chi connectivity index (χ3v) is 6.30. The summed E-state index contributed by atoms with van der Waals surface area (Å²) in [6.45, 7) is 5.84. The molecule has 0 radical (unpaired) electrons. The third kappa shape index (κ3) is 3.14. The molecule has 23 heavy (non-hydrogen) atoms. The van der Waals surface area contributed by atoms with Gasteiger partial charge < -0.3 is 4.90 Å². The zero-order valence-electron chi connectivity index (χ0n) is 14.0. The molecule has 1 unspecified atom stereocenters. The lowest BCUT2D eigenvalue weighted by Gasteiger charge is -2.35. The van der Waals surface area contributed by atoms with Crippen LogP contribution >= 0.6 is 11.3 Å². The highest BCUT2D eigenvalue weighted by atomic mass is 32.1. The topological polar surface area (TPSA) is 57.0 Å². The molecule has 1 aromatic heterocycles. The van der Waals surface area contributed by atoms with E-state index >= 15 is 0 Å². The van der Waals surface area contributed by atoms with Gasteiger partial charge in [-0.3, -0.25) is 4.79 Å². The van der Waals surface area contributed by atoms with Gasteiger partial charge in [-0.2, -0.15) is 5.26 Å². The molecule has 1 saturated heterocycles. The lowest BCUT2D eigenvalue weighted by Crippen LogP contribution is -2.46. The van der Waals surface area contributed by atoms with E-state index < -0.39 is 5.41 Å². The van der Waals surface area contributed by atoms with Crippen LogP contribution in [0.4, 0.5) is 0 Å². The summed E-state index contributed by atoms with van der Waals surface area (Å²) in [5.41, 5.74) is 0.408. The predicted molar refractivity (Wildman–Crippen MR) is 91.3 cm³/mol. The van der Waals surface area contributed by atoms with Crippen molar-refractivity contribution in [3.8, 4) is 6.07 Å². The molecule has 0 spiro atoms. The van der Waals surface area contributed by atoms with Gasteiger partial charge in [0.2, 0.25) is 5.91 Å². The summed E-state index contributed by atoms with van der Waals surface area (Å²) in [5.74, 6) is 0.854. The molecular formula is C18H25N3OS. The number of piperidine rings is 1. The number of hydrogen-bond acceptors (Lipinski definition) is 4. The highest BCUT2D eigenvalue weighted by molar-refractivity contribution is 7.09. The van der Waals surface area contributed by atoms with Crippen molar-refractivity contribution in [2.24, 2.45) is 5.41 Å². The van der Waals surface area contributed by atoms with Crippen molar-refractivity contribution in [2.45, 2.75) is 64.2 Å². The molecular weight excluding hydrogens is 306 g/mol. The molecule has 1 aliphatic carbocycles. The third-order valence-electron chi connectivity index (χ3n) is 5.27. The first kappa shape index (κ1) is 16.4. The highest BCUT2D eigenvalue weighted by Gasteiger charge is 2.45. The van der Waals surface area contributed by atoms with Crippen LogP contribution in [0.25, 0.3) is 0 Å². The predicted octanol–water partition coefficient (Wildman–Crippen LogP) is 4.06. The number of thiazole rings is 1. The van der Waals surface area contributed by atoms with Gasteiger partial charge in [-0.1, -0.05) is 26.7 Å². The fraction of sp³-hybridized carbons (Fsp3) is 0.722. The van der Waals surface area contributed by atoms with Gasteiger partial charge in [0, 0.05) is 24.4 Å². The summed E-state index contributed by atoms with van der Waals surface area (Å²) >= 11 is 1.72. The van der Waals surface area contributed by atoms with Gasteiger partial charge in [0.1, 0.15) is 5.41 Å². The van der Waals surface area contributed by atoms with Crippen LogP contribution in [0.1, 0.15) is 74.9 Å². The van der Waals surface area contributed by atoms with Gasteiger partial charge in [0.05, 0.1) is 16.8 Å². The smallest absolute Gasteiger partial charge is 0.243 e. The number of nitriles is 1. The van der Waals surface area contributed by atoms with Crippen molar-refractivity contribution in [3.05, 3.63) is 16.1 Å². The largest absolute Gasteiger partial charge is 0.341 e. The normalized spacial score (nSPS) is 23.9. The number of amides is 1. The maximum absolute atomic E-state index is 12.9. The standard InChI is InChI=1S/C18H25N3OS/c1-13(2)15-11-23-16(20-15)14-6-5-9-21(10-14)17(22)18(12-19)7-3-4-8-18/h11,13-14H,3-10H2,1-2H3. The molecule has 5 heteroatoms. The molecule has 3 rings (SSSR count). The summed E-state index contributed by atoms with van der Waals surface area (Å²) in [5, 5.41) is 12.9. The molecule has 0 aromatic carbocycles. The second-order valence-electron chi connectivity index (χ2n) is 7.26. The van der Waals surface area contributed by atoms with Crippen LogP contribution in [-0.2, 0) is 4.79 Å². The number of rotatable bonds is 3. The number of aromatic nitrogens is 1. The van der Waals surface area contributed by atoms with Crippen LogP contribution in [0.15, 0.2) is 5.38 Å². The molecule has 1 atom stereocenters. The van der Waals surface area contributed by atoms with Crippen molar-refractivity contribution in [2.75, 3.05) is 13.1 Å². The van der Waals surface area contributed by atoms with Gasteiger partial charge >= 0.3 is 0 Å². The summed E-state index contributed by atoms with van der Waals surface area (Å²) < 4.78 is 0. The Kier molecular flexibility index (Phi) is 4.72. The van der Waals surface area contributed by atoms with Gasteiger partial charge in [-0.05, 0) is 31.6 Å². The molecule has 2 fully saturated rings. The molecule has 124 valence electrons. The Morgan fingerprint density at radius 3 is 2.78 bits per heavy atom. The van der Waals surface area contributed by atoms with Crippen molar-refractivity contribution in [3.63, 3.8) is 0 Å². The number of carbonyl (C=O) groups is 1. The first-order valence-electron chi connectivity index (χ1n) is 8.72. The second-order valence-corrected chi connectivity index (χ2v) is 8.15. The molecule has 0 bridgehead atoms. The Morgan fingerprint density at radius 2 is 2.17 bits per heavy atom. The summed E-state index contributed by atoms with van der Waals surface area (Å²) in [6, 6.07) is 2.34. The fourth-order valence-electron chi connectivity index (χ4n) is 3.77. The van der Waals surface area contributed by atoms with Crippen LogP contribution in [0, 0.1) is 16.7 Å². The van der Waals surface area contributed by atoms with Crippen LogP contribution < -0.4 is 0 Å². The van der Waals surface area contributed by atoms with E-state index in [1.807, 2.05) is 4.90 Å². The Hall–Kier alpha value is -1.41. The van der Waals surface area contributed by atoms with Crippen molar-refractivity contribution in [1.82, 2.24) is 9.88 Å². The zero-order valence-corrected chi connectivity index (χ0v) is 14.9. The zero-order chi connectivity index (χ0) is 16.4. The Morgan fingerprint density at radius 1 is 1.43 bits per heavy atom. The van der Waals surface area contributed by atoms with E-state index in [9.17, 15) is 10.1 Å². The summed E-state index contributed by atoms with van der Waals surface area (Å²) in [6.07, 6.45) is 5.57. The molecule has 2 aliphatic rings. The van der Waals surface area contributed by atoms with Crippen LogP contribution in [0.3, 0.4) is 0 Å². The molecule has 2 heterocycles. The van der Waals surface area contributed by atoms with E-state index in [0.29, 0.717) is 11.8 Å². The van der Waals surface area contributed by atoms with Crippen LogP contribution in [0.5, 0.6) is 0 Å². The van der Waals surface area contributed by atoms with Gasteiger partial charge in [0.25, 0.3) is 0 Å². The molecule has 1 aromatic rings. The fourth-order valence-corrected chi connectivity index (χ4v) is 4.88. The van der Waals surface area contributed by atoms with Crippen molar-refractivity contribution >= 4 is 17.2 Å². The monoisotopic (exact) mass is 331 g/mol. The second kappa shape index (κ2) is 6.60. The lowest BCUT2D eigenvalue weighted by atomic mass is 9.85. The van der Waals surface area contributed by atoms with Crippen LogP contribution in [0.2, 0.25) is 0 Å². The molecule has 0 N–H and O–H groups in total. The average Bonchev–Trinajstić information content (AvgIpc) is 3.24. The maximum Gasteiger partial charge on any atom is 0.243 e. The lowest BCUT2D eigenvalue weighted by molar-refractivity contribution is -0.140. The SMILES string of the molecule is CC(C)c1csc(C2CCCN(C(=O)C3(C#N)CCCC3)C2)n1. The Bertz CT molecular complexity index is 610. The van der Waals surface area contributed by atoms with Gasteiger partial charge in [0.15, 0.2) is 0 Å². The summed E-state index contributed by atoms with van der Waals surface area (Å²) in [4.78, 5) is 19.7. The Labute approximate surface area is 142 Å². The van der Waals surface area contributed by atoms with Crippen LogP contribution in [-0.4, -0.2) is 28.9 Å². The van der Waals surface area contributed by atoms with E-state index in [4.69, 9.17) is 4.98 Å². The number of likely N-dealkylation sites (tertiary alicyclic amines) is 1. The quantitative estimate of drug-likeness (QED) is 0.839. The minimum Gasteiger partial charge on any atom is -0.341 e. The van der Waals surface area contributed by atoms with Gasteiger partial charge in [-0.15, -0.1) is 11.3 Å². The van der Waals surface area contributed by atoms with E-state index in [0.717, 1.165) is 62.3 Å². The Balaban J connectivity index is 1.73. The first-order valence-corrected chi connectivity index (χ1v) is 9.59. The molecule has 1 saturated carbocycles. The first-order chi connectivity index (χ1) is 11.1. The van der Waals surface area contributed by atoms with Gasteiger partial charge in [-0.25, -0.2) is 4.98 Å².